The summed E-state index contributed by atoms with van der Waals surface area (Å²) in [6.07, 6.45) is 0. The number of hydrogen-bond acceptors (Lipinski definition) is 4. The van der Waals surface area contributed by atoms with Crippen molar-refractivity contribution in [2.75, 3.05) is 31.7 Å². The highest BCUT2D eigenvalue weighted by Crippen LogP contribution is 2.21. The molecule has 2 N–H and O–H groups in total. The SMILES string of the molecule is CN(C)S(=O)(=O)CCNc1cc(Br)ccc1C(=O)O. The van der Waals surface area contributed by atoms with E-state index in [1.807, 2.05) is 0 Å². The summed E-state index contributed by atoms with van der Waals surface area (Å²) in [4.78, 5) is 11.0. The minimum absolute atomic E-state index is 0.102. The molecule has 0 atom stereocenters. The molecule has 19 heavy (non-hydrogen) atoms. The van der Waals surface area contributed by atoms with E-state index in [2.05, 4.69) is 21.2 Å². The van der Waals surface area contributed by atoms with Gasteiger partial charge in [-0.05, 0) is 18.2 Å². The summed E-state index contributed by atoms with van der Waals surface area (Å²) in [6, 6.07) is 4.67. The molecule has 0 aliphatic rings. The number of nitrogens with zero attached hydrogens (tertiary/aromatic N) is 1. The van der Waals surface area contributed by atoms with E-state index in [-0.39, 0.29) is 17.9 Å². The van der Waals surface area contributed by atoms with Crippen LogP contribution in [-0.4, -0.2) is 50.2 Å². The molecule has 0 radical (unpaired) electrons. The number of benzene rings is 1. The molecule has 0 unspecified atom stereocenters. The number of carboxylic acids is 1. The Bertz CT molecular complexity index is 572. The summed E-state index contributed by atoms with van der Waals surface area (Å²) < 4.78 is 25.0. The molecule has 0 amide bonds. The van der Waals surface area contributed by atoms with Crippen molar-refractivity contribution in [3.8, 4) is 0 Å². The van der Waals surface area contributed by atoms with Crippen molar-refractivity contribution in [2.24, 2.45) is 0 Å². The number of carbonyl (C=O) groups is 1. The summed E-state index contributed by atoms with van der Waals surface area (Å²) in [5.74, 6) is -1.17. The molecule has 0 aliphatic carbocycles. The van der Waals surface area contributed by atoms with Gasteiger partial charge in [0.25, 0.3) is 0 Å². The number of aromatic carboxylic acids is 1. The maximum Gasteiger partial charge on any atom is 0.337 e. The van der Waals surface area contributed by atoms with Gasteiger partial charge < -0.3 is 10.4 Å². The third kappa shape index (κ3) is 4.48. The van der Waals surface area contributed by atoms with Crippen LogP contribution in [0.15, 0.2) is 22.7 Å². The lowest BCUT2D eigenvalue weighted by atomic mass is 10.2. The van der Waals surface area contributed by atoms with Gasteiger partial charge in [0, 0.05) is 30.8 Å². The Morgan fingerprint density at radius 2 is 2.05 bits per heavy atom. The van der Waals surface area contributed by atoms with Gasteiger partial charge in [-0.3, -0.25) is 0 Å². The van der Waals surface area contributed by atoms with Gasteiger partial charge in [0.05, 0.1) is 11.3 Å². The van der Waals surface area contributed by atoms with Crippen LogP contribution in [0.2, 0.25) is 0 Å². The normalized spacial score (nSPS) is 11.6. The van der Waals surface area contributed by atoms with Crippen LogP contribution in [0.25, 0.3) is 0 Å². The second-order valence-electron chi connectivity index (χ2n) is 4.02. The van der Waals surface area contributed by atoms with Crippen LogP contribution >= 0.6 is 15.9 Å². The molecule has 0 saturated heterocycles. The predicted octanol–water partition coefficient (Wildman–Crippen LogP) is 1.45. The largest absolute Gasteiger partial charge is 0.478 e. The molecule has 6 nitrogen and oxygen atoms in total. The molecular formula is C11H15BrN2O4S. The maximum atomic E-state index is 11.6. The lowest BCUT2D eigenvalue weighted by molar-refractivity contribution is 0.0698. The quantitative estimate of drug-likeness (QED) is 0.810. The first-order valence-electron chi connectivity index (χ1n) is 5.41. The summed E-state index contributed by atoms with van der Waals surface area (Å²) >= 11 is 3.24. The fourth-order valence-electron chi connectivity index (χ4n) is 1.35. The maximum absolute atomic E-state index is 11.6. The standard InChI is InChI=1S/C11H15BrN2O4S/c1-14(2)19(17,18)6-5-13-10-7-8(12)3-4-9(10)11(15)16/h3-4,7,13H,5-6H2,1-2H3,(H,15,16). The molecule has 0 fully saturated rings. The molecule has 0 aliphatic heterocycles. The number of rotatable bonds is 6. The Morgan fingerprint density at radius 3 is 2.58 bits per heavy atom. The van der Waals surface area contributed by atoms with Gasteiger partial charge in [-0.1, -0.05) is 15.9 Å². The van der Waals surface area contributed by atoms with Crippen LogP contribution in [0, 0.1) is 0 Å². The highest BCUT2D eigenvalue weighted by atomic mass is 79.9. The summed E-state index contributed by atoms with van der Waals surface area (Å²) in [5, 5.41) is 11.9. The fraction of sp³-hybridized carbons (Fsp3) is 0.364. The average Bonchev–Trinajstić information content (AvgIpc) is 2.28. The van der Waals surface area contributed by atoms with Crippen molar-refractivity contribution < 1.29 is 18.3 Å². The minimum Gasteiger partial charge on any atom is -0.478 e. The second kappa shape index (κ2) is 6.36. The predicted molar refractivity (Wildman–Crippen MR) is 77.1 cm³/mol. The van der Waals surface area contributed by atoms with Gasteiger partial charge in [-0.25, -0.2) is 17.5 Å². The van der Waals surface area contributed by atoms with E-state index in [0.717, 1.165) is 8.78 Å². The zero-order valence-electron chi connectivity index (χ0n) is 10.6. The van der Waals surface area contributed by atoms with Crippen LogP contribution in [0.5, 0.6) is 0 Å². The van der Waals surface area contributed by atoms with E-state index in [0.29, 0.717) is 5.69 Å². The number of hydrogen-bond donors (Lipinski definition) is 2. The third-order valence-electron chi connectivity index (χ3n) is 2.44. The fourth-order valence-corrected chi connectivity index (χ4v) is 2.43. The molecule has 8 heteroatoms. The Kier molecular flexibility index (Phi) is 5.33. The van der Waals surface area contributed by atoms with Crippen LogP contribution in [0.3, 0.4) is 0 Å². The molecular weight excluding hydrogens is 336 g/mol. The van der Waals surface area contributed by atoms with Gasteiger partial charge in [0.1, 0.15) is 0 Å². The number of nitrogens with one attached hydrogen (secondary N) is 1. The Hall–Kier alpha value is -1.12. The first-order valence-corrected chi connectivity index (χ1v) is 7.81. The van der Waals surface area contributed by atoms with E-state index in [4.69, 9.17) is 5.11 Å². The Balaban J connectivity index is 2.78. The molecule has 0 spiro atoms. The average molecular weight is 351 g/mol. The van der Waals surface area contributed by atoms with Crippen molar-refractivity contribution in [1.29, 1.82) is 0 Å². The number of anilines is 1. The number of halogens is 1. The highest BCUT2D eigenvalue weighted by molar-refractivity contribution is 9.10. The lowest BCUT2D eigenvalue weighted by Crippen LogP contribution is -2.28. The van der Waals surface area contributed by atoms with Gasteiger partial charge in [-0.2, -0.15) is 0 Å². The molecule has 106 valence electrons. The third-order valence-corrected chi connectivity index (χ3v) is 4.77. The molecule has 0 bridgehead atoms. The molecule has 1 aromatic carbocycles. The molecule has 0 aromatic heterocycles. The highest BCUT2D eigenvalue weighted by Gasteiger charge is 2.14. The first kappa shape index (κ1) is 15.9. The number of carboxylic acid groups (broad SMARTS) is 1. The van der Waals surface area contributed by atoms with E-state index in [9.17, 15) is 13.2 Å². The molecule has 1 aromatic rings. The van der Waals surface area contributed by atoms with Gasteiger partial charge >= 0.3 is 5.97 Å². The van der Waals surface area contributed by atoms with Crippen molar-refractivity contribution in [3.05, 3.63) is 28.2 Å². The molecule has 0 heterocycles. The summed E-state index contributed by atoms with van der Waals surface area (Å²) in [6.45, 7) is 0.136. The first-order chi connectivity index (χ1) is 8.74. The zero-order valence-corrected chi connectivity index (χ0v) is 13.0. The summed E-state index contributed by atoms with van der Waals surface area (Å²) in [7, 11) is -0.389. The van der Waals surface area contributed by atoms with Crippen molar-refractivity contribution in [2.45, 2.75) is 0 Å². The topological polar surface area (TPSA) is 86.7 Å². The van der Waals surface area contributed by atoms with Crippen molar-refractivity contribution in [3.63, 3.8) is 0 Å². The lowest BCUT2D eigenvalue weighted by Gasteiger charge is -2.13. The second-order valence-corrected chi connectivity index (χ2v) is 7.24. The minimum atomic E-state index is -3.30. The number of sulfonamides is 1. The van der Waals surface area contributed by atoms with Crippen LogP contribution < -0.4 is 5.32 Å². The van der Waals surface area contributed by atoms with E-state index >= 15 is 0 Å². The monoisotopic (exact) mass is 350 g/mol. The smallest absolute Gasteiger partial charge is 0.337 e. The van der Waals surface area contributed by atoms with Gasteiger partial charge in [0.15, 0.2) is 0 Å². The van der Waals surface area contributed by atoms with Gasteiger partial charge in [0.2, 0.25) is 10.0 Å². The van der Waals surface area contributed by atoms with Crippen LogP contribution in [-0.2, 0) is 10.0 Å². The van der Waals surface area contributed by atoms with E-state index in [1.165, 1.54) is 20.2 Å². The zero-order chi connectivity index (χ0) is 14.6. The Labute approximate surface area is 120 Å². The van der Waals surface area contributed by atoms with Crippen LogP contribution in [0.4, 0.5) is 5.69 Å². The molecule has 0 saturated carbocycles. The Morgan fingerprint density at radius 1 is 1.42 bits per heavy atom. The van der Waals surface area contributed by atoms with E-state index in [1.54, 1.807) is 12.1 Å². The van der Waals surface area contributed by atoms with Gasteiger partial charge in [-0.15, -0.1) is 0 Å². The molecule has 1 rings (SSSR count). The van der Waals surface area contributed by atoms with E-state index < -0.39 is 16.0 Å². The summed E-state index contributed by atoms with van der Waals surface area (Å²) in [5.41, 5.74) is 0.487. The van der Waals surface area contributed by atoms with Crippen molar-refractivity contribution >= 4 is 37.6 Å². The van der Waals surface area contributed by atoms with Crippen molar-refractivity contribution in [1.82, 2.24) is 4.31 Å². The van der Waals surface area contributed by atoms with Crippen LogP contribution in [0.1, 0.15) is 10.4 Å².